The first kappa shape index (κ1) is 14.2. The van der Waals surface area contributed by atoms with Gasteiger partial charge in [0.05, 0.1) is 11.9 Å². The third-order valence-electron chi connectivity index (χ3n) is 3.55. The summed E-state index contributed by atoms with van der Waals surface area (Å²) in [6.07, 6.45) is 4.53. The molecule has 21 heavy (non-hydrogen) atoms. The number of H-pyrrole nitrogens is 1. The Bertz CT molecular complexity index is 664. The van der Waals surface area contributed by atoms with Crippen molar-refractivity contribution in [3.63, 3.8) is 0 Å². The number of sulfonamides is 1. The second kappa shape index (κ2) is 5.92. The minimum absolute atomic E-state index is 0.223. The molecule has 3 rings (SSSR count). The van der Waals surface area contributed by atoms with Crippen LogP contribution >= 0.6 is 0 Å². The summed E-state index contributed by atoms with van der Waals surface area (Å²) in [6.45, 7) is 3.13. The summed E-state index contributed by atoms with van der Waals surface area (Å²) in [5, 5.41) is 6.25. The predicted molar refractivity (Wildman–Crippen MR) is 76.9 cm³/mol. The summed E-state index contributed by atoms with van der Waals surface area (Å²) in [4.78, 5) is 6.73. The van der Waals surface area contributed by atoms with Crippen molar-refractivity contribution in [2.75, 3.05) is 26.2 Å². The van der Waals surface area contributed by atoms with Gasteiger partial charge in [0, 0.05) is 45.1 Å². The van der Waals surface area contributed by atoms with Crippen molar-refractivity contribution in [1.82, 2.24) is 24.4 Å². The van der Waals surface area contributed by atoms with Crippen molar-refractivity contribution < 1.29 is 8.42 Å². The number of nitrogens with one attached hydrogen (secondary N) is 1. The molecule has 0 amide bonds. The third kappa shape index (κ3) is 3.12. The molecule has 0 radical (unpaired) electrons. The van der Waals surface area contributed by atoms with Crippen LogP contribution < -0.4 is 0 Å². The Hall–Kier alpha value is -1.77. The van der Waals surface area contributed by atoms with Crippen LogP contribution in [-0.4, -0.2) is 59.0 Å². The van der Waals surface area contributed by atoms with E-state index in [0.29, 0.717) is 26.2 Å². The molecular weight excluding hydrogens is 290 g/mol. The molecule has 0 spiro atoms. The summed E-state index contributed by atoms with van der Waals surface area (Å²) >= 11 is 0. The van der Waals surface area contributed by atoms with E-state index in [9.17, 15) is 8.42 Å². The molecule has 1 aliphatic rings. The van der Waals surface area contributed by atoms with Gasteiger partial charge in [0.15, 0.2) is 0 Å². The van der Waals surface area contributed by atoms with Gasteiger partial charge in [-0.05, 0) is 12.1 Å². The number of pyridine rings is 1. The fourth-order valence-corrected chi connectivity index (χ4v) is 3.71. The van der Waals surface area contributed by atoms with Gasteiger partial charge < -0.3 is 0 Å². The zero-order chi connectivity index (χ0) is 14.7. The molecule has 8 heteroatoms. The van der Waals surface area contributed by atoms with E-state index < -0.39 is 10.0 Å². The molecule has 1 fully saturated rings. The smallest absolute Gasteiger partial charge is 0.246 e. The summed E-state index contributed by atoms with van der Waals surface area (Å²) in [5.74, 6) is 0. The van der Waals surface area contributed by atoms with E-state index in [1.54, 1.807) is 6.20 Å². The Morgan fingerprint density at radius 1 is 1.19 bits per heavy atom. The van der Waals surface area contributed by atoms with Crippen LogP contribution in [0.3, 0.4) is 0 Å². The number of hydrogen-bond donors (Lipinski definition) is 1. The summed E-state index contributed by atoms with van der Waals surface area (Å²) in [5.41, 5.74) is 1.00. The van der Waals surface area contributed by atoms with Crippen molar-refractivity contribution in [3.8, 4) is 0 Å². The molecule has 0 aromatic carbocycles. The Kier molecular flexibility index (Phi) is 4.00. The second-order valence-electron chi connectivity index (χ2n) is 4.94. The largest absolute Gasteiger partial charge is 0.295 e. The quantitative estimate of drug-likeness (QED) is 0.879. The maximum Gasteiger partial charge on any atom is 0.246 e. The highest BCUT2D eigenvalue weighted by atomic mass is 32.2. The maximum atomic E-state index is 12.3. The Morgan fingerprint density at radius 3 is 2.62 bits per heavy atom. The number of piperazine rings is 1. The van der Waals surface area contributed by atoms with Gasteiger partial charge in [-0.15, -0.1) is 0 Å². The fourth-order valence-electron chi connectivity index (χ4n) is 2.38. The summed E-state index contributed by atoms with van der Waals surface area (Å²) in [6, 6.07) is 5.83. The van der Waals surface area contributed by atoms with E-state index >= 15 is 0 Å². The molecule has 2 aromatic rings. The molecule has 2 aromatic heterocycles. The highest BCUT2D eigenvalue weighted by Crippen LogP contribution is 2.16. The van der Waals surface area contributed by atoms with Gasteiger partial charge in [0.1, 0.15) is 4.90 Å². The molecule has 0 unspecified atom stereocenters. The first-order valence-electron chi connectivity index (χ1n) is 6.77. The molecule has 7 nitrogen and oxygen atoms in total. The molecule has 0 bridgehead atoms. The SMILES string of the molecule is O=S(=O)(c1cn[nH]c1)N1CCN(Cc2ccccn2)CC1. The Labute approximate surface area is 123 Å². The van der Waals surface area contributed by atoms with Crippen LogP contribution in [0.1, 0.15) is 5.69 Å². The van der Waals surface area contributed by atoms with Gasteiger partial charge in [-0.3, -0.25) is 15.0 Å². The molecule has 0 aliphatic carbocycles. The van der Waals surface area contributed by atoms with Crippen molar-refractivity contribution in [2.24, 2.45) is 0 Å². The van der Waals surface area contributed by atoms with Crippen molar-refractivity contribution in [3.05, 3.63) is 42.5 Å². The minimum Gasteiger partial charge on any atom is -0.295 e. The molecule has 1 saturated heterocycles. The van der Waals surface area contributed by atoms with Crippen LogP contribution in [-0.2, 0) is 16.6 Å². The third-order valence-corrected chi connectivity index (χ3v) is 5.42. The lowest BCUT2D eigenvalue weighted by molar-refractivity contribution is 0.180. The van der Waals surface area contributed by atoms with E-state index in [-0.39, 0.29) is 4.90 Å². The van der Waals surface area contributed by atoms with Gasteiger partial charge in [0.2, 0.25) is 10.0 Å². The van der Waals surface area contributed by atoms with E-state index in [0.717, 1.165) is 12.2 Å². The topological polar surface area (TPSA) is 82.2 Å². The van der Waals surface area contributed by atoms with Crippen LogP contribution in [0, 0.1) is 0 Å². The average Bonchev–Trinajstić information content (AvgIpc) is 3.04. The minimum atomic E-state index is -3.42. The van der Waals surface area contributed by atoms with Gasteiger partial charge >= 0.3 is 0 Å². The zero-order valence-electron chi connectivity index (χ0n) is 11.5. The van der Waals surface area contributed by atoms with E-state index in [4.69, 9.17) is 0 Å². The van der Waals surface area contributed by atoms with Gasteiger partial charge in [0.25, 0.3) is 0 Å². The lowest BCUT2D eigenvalue weighted by Crippen LogP contribution is -2.48. The van der Waals surface area contributed by atoms with Crippen molar-refractivity contribution >= 4 is 10.0 Å². The first-order chi connectivity index (χ1) is 10.2. The maximum absolute atomic E-state index is 12.3. The van der Waals surface area contributed by atoms with Crippen LogP contribution in [0.4, 0.5) is 0 Å². The second-order valence-corrected chi connectivity index (χ2v) is 6.87. The lowest BCUT2D eigenvalue weighted by Gasteiger charge is -2.33. The highest BCUT2D eigenvalue weighted by Gasteiger charge is 2.29. The van der Waals surface area contributed by atoms with Crippen LogP contribution in [0.15, 0.2) is 41.7 Å². The number of nitrogens with zero attached hydrogens (tertiary/aromatic N) is 4. The van der Waals surface area contributed by atoms with Crippen molar-refractivity contribution in [1.29, 1.82) is 0 Å². The van der Waals surface area contributed by atoms with Gasteiger partial charge in [-0.25, -0.2) is 8.42 Å². The molecule has 1 aliphatic heterocycles. The summed E-state index contributed by atoms with van der Waals surface area (Å²) in [7, 11) is -3.42. The Balaban J connectivity index is 1.61. The van der Waals surface area contributed by atoms with E-state index in [1.165, 1.54) is 16.7 Å². The summed E-state index contributed by atoms with van der Waals surface area (Å²) < 4.78 is 26.2. The molecule has 0 saturated carbocycles. The lowest BCUT2D eigenvalue weighted by atomic mass is 10.3. The monoisotopic (exact) mass is 307 g/mol. The van der Waals surface area contributed by atoms with Crippen LogP contribution in [0.25, 0.3) is 0 Å². The van der Waals surface area contributed by atoms with Gasteiger partial charge in [-0.1, -0.05) is 6.07 Å². The predicted octanol–water partition coefficient (Wildman–Crippen LogP) is 0.311. The zero-order valence-corrected chi connectivity index (χ0v) is 12.3. The molecule has 0 atom stereocenters. The fraction of sp³-hybridized carbons (Fsp3) is 0.385. The standard InChI is InChI=1S/C13H17N5O2S/c19-21(20,13-9-15-16-10-13)18-7-5-17(6-8-18)11-12-3-1-2-4-14-12/h1-4,9-10H,5-8,11H2,(H,15,16). The first-order valence-corrected chi connectivity index (χ1v) is 8.21. The number of hydrogen-bond acceptors (Lipinski definition) is 5. The van der Waals surface area contributed by atoms with Crippen LogP contribution in [0.5, 0.6) is 0 Å². The average molecular weight is 307 g/mol. The number of aromatic amines is 1. The number of rotatable bonds is 4. The van der Waals surface area contributed by atoms with Crippen LogP contribution in [0.2, 0.25) is 0 Å². The molecule has 3 heterocycles. The molecule has 1 N–H and O–H groups in total. The van der Waals surface area contributed by atoms with E-state index in [1.807, 2.05) is 18.2 Å². The number of aromatic nitrogens is 3. The normalized spacial score (nSPS) is 17.9. The van der Waals surface area contributed by atoms with Gasteiger partial charge in [-0.2, -0.15) is 9.40 Å². The van der Waals surface area contributed by atoms with E-state index in [2.05, 4.69) is 20.1 Å². The molecule has 112 valence electrons. The molecular formula is C13H17N5O2S. The highest BCUT2D eigenvalue weighted by molar-refractivity contribution is 7.89. The van der Waals surface area contributed by atoms with Crippen molar-refractivity contribution in [2.45, 2.75) is 11.4 Å². The Morgan fingerprint density at radius 2 is 2.00 bits per heavy atom.